The lowest BCUT2D eigenvalue weighted by atomic mass is 10.3. The lowest BCUT2D eigenvalue weighted by Crippen LogP contribution is -1.82. The van der Waals surface area contributed by atoms with Crippen LogP contribution in [0.1, 0.15) is 5.56 Å². The third-order valence-electron chi connectivity index (χ3n) is 1.17. The molecule has 0 bridgehead atoms. The summed E-state index contributed by atoms with van der Waals surface area (Å²) in [7, 11) is 0. The van der Waals surface area contributed by atoms with Gasteiger partial charge < -0.3 is 0 Å². The quantitative estimate of drug-likeness (QED) is 0.550. The third kappa shape index (κ3) is 2.64. The fourth-order valence-electron chi connectivity index (χ4n) is 0.669. The molecule has 0 radical (unpaired) electrons. The molecule has 1 aromatic rings. The van der Waals surface area contributed by atoms with Crippen molar-refractivity contribution < 1.29 is 9.85 Å². The van der Waals surface area contributed by atoms with Gasteiger partial charge in [-0.1, -0.05) is 11.3 Å². The van der Waals surface area contributed by atoms with Crippen LogP contribution in [0, 0.1) is 20.2 Å². The number of nitrogens with zero attached hydrogens (tertiary/aromatic N) is 2. The van der Waals surface area contributed by atoms with Crippen molar-refractivity contribution in [3.8, 4) is 0 Å². The van der Waals surface area contributed by atoms with Gasteiger partial charge in [-0.25, -0.2) is 0 Å². The van der Waals surface area contributed by atoms with E-state index < -0.39 is 9.85 Å². The van der Waals surface area contributed by atoms with Crippen LogP contribution in [0.5, 0.6) is 0 Å². The van der Waals surface area contributed by atoms with Gasteiger partial charge in [-0.15, -0.1) is 0 Å². The molecule has 1 heterocycles. The molecule has 0 unspecified atom stereocenters. The highest BCUT2D eigenvalue weighted by atomic mass is 32.1. The average Bonchev–Trinajstić information content (AvgIpc) is 2.48. The van der Waals surface area contributed by atoms with Crippen molar-refractivity contribution in [2.24, 2.45) is 0 Å². The Bertz CT molecular complexity index is 370. The van der Waals surface area contributed by atoms with Crippen molar-refractivity contribution in [1.29, 1.82) is 0 Å². The van der Waals surface area contributed by atoms with E-state index in [1.807, 2.05) is 0 Å². The third-order valence-corrected chi connectivity index (χ3v) is 2.07. The van der Waals surface area contributed by atoms with Crippen LogP contribution in [0.4, 0.5) is 5.00 Å². The number of thiophene rings is 1. The summed E-state index contributed by atoms with van der Waals surface area (Å²) in [4.78, 5) is 19.0. The van der Waals surface area contributed by atoms with Crippen LogP contribution in [0.15, 0.2) is 17.6 Å². The van der Waals surface area contributed by atoms with Gasteiger partial charge in [-0.05, 0) is 5.56 Å². The largest absolute Gasteiger partial charge is 0.324 e. The van der Waals surface area contributed by atoms with Crippen molar-refractivity contribution >= 4 is 22.4 Å². The van der Waals surface area contributed by atoms with Gasteiger partial charge in [0, 0.05) is 17.5 Å². The SMILES string of the molecule is O=[N+]([O-])/C=C/c1csc([N+](=O)[O-])c1. The second-order valence-electron chi connectivity index (χ2n) is 2.08. The summed E-state index contributed by atoms with van der Waals surface area (Å²) >= 11 is 0.936. The minimum absolute atomic E-state index is 0.0250. The second-order valence-corrected chi connectivity index (χ2v) is 2.97. The van der Waals surface area contributed by atoms with Gasteiger partial charge in [0.05, 0.1) is 9.85 Å². The first-order valence-corrected chi connectivity index (χ1v) is 4.02. The summed E-state index contributed by atoms with van der Waals surface area (Å²) in [5, 5.41) is 21.6. The molecule has 0 N–H and O–H groups in total. The van der Waals surface area contributed by atoms with Crippen LogP contribution in [0.3, 0.4) is 0 Å². The zero-order valence-corrected chi connectivity index (χ0v) is 7.06. The molecule has 0 aliphatic rings. The molecule has 1 aromatic heterocycles. The van der Waals surface area contributed by atoms with Gasteiger partial charge in [0.2, 0.25) is 6.20 Å². The lowest BCUT2D eigenvalue weighted by molar-refractivity contribution is -0.400. The monoisotopic (exact) mass is 200 g/mol. The fourth-order valence-corrected chi connectivity index (χ4v) is 1.36. The van der Waals surface area contributed by atoms with Crippen LogP contribution in [0.25, 0.3) is 6.08 Å². The van der Waals surface area contributed by atoms with E-state index in [2.05, 4.69) is 0 Å². The standard InChI is InChI=1S/C6H4N2O4S/c9-7(10)2-1-5-3-6(8(11)12)13-4-5/h1-4H/b2-1+. The highest BCUT2D eigenvalue weighted by Crippen LogP contribution is 2.23. The summed E-state index contributed by atoms with van der Waals surface area (Å²) in [5.74, 6) is 0. The Kier molecular flexibility index (Phi) is 2.70. The normalized spacial score (nSPS) is 10.5. The molecule has 1 rings (SSSR count). The fraction of sp³-hybridized carbons (Fsp3) is 0. The van der Waals surface area contributed by atoms with Crippen molar-refractivity contribution in [3.05, 3.63) is 43.4 Å². The Morgan fingerprint density at radius 2 is 2.08 bits per heavy atom. The minimum atomic E-state index is -0.622. The zero-order valence-electron chi connectivity index (χ0n) is 6.25. The first-order valence-electron chi connectivity index (χ1n) is 3.14. The maximum Gasteiger partial charge on any atom is 0.324 e. The predicted molar refractivity (Wildman–Crippen MR) is 47.0 cm³/mol. The topological polar surface area (TPSA) is 86.3 Å². The van der Waals surface area contributed by atoms with Gasteiger partial charge in [-0.3, -0.25) is 20.2 Å². The van der Waals surface area contributed by atoms with Crippen LogP contribution < -0.4 is 0 Å². The molecule has 7 heteroatoms. The van der Waals surface area contributed by atoms with Crippen LogP contribution in [0.2, 0.25) is 0 Å². The molecule has 13 heavy (non-hydrogen) atoms. The van der Waals surface area contributed by atoms with Gasteiger partial charge in [0.25, 0.3) is 0 Å². The minimum Gasteiger partial charge on any atom is -0.259 e. The summed E-state index contributed by atoms with van der Waals surface area (Å²) in [5.41, 5.74) is 0.466. The molecule has 0 aromatic carbocycles. The van der Waals surface area contributed by atoms with Crippen molar-refractivity contribution in [1.82, 2.24) is 0 Å². The number of nitro groups is 2. The first-order chi connectivity index (χ1) is 6.09. The van der Waals surface area contributed by atoms with E-state index in [0.29, 0.717) is 5.56 Å². The van der Waals surface area contributed by atoms with E-state index in [1.165, 1.54) is 17.5 Å². The van der Waals surface area contributed by atoms with Crippen LogP contribution in [-0.2, 0) is 0 Å². The average molecular weight is 200 g/mol. The summed E-state index contributed by atoms with van der Waals surface area (Å²) < 4.78 is 0. The molecule has 0 spiro atoms. The molecular formula is C6H4N2O4S. The molecule has 0 atom stereocenters. The maximum absolute atomic E-state index is 10.2. The van der Waals surface area contributed by atoms with Gasteiger partial charge in [-0.2, -0.15) is 0 Å². The van der Waals surface area contributed by atoms with Crippen molar-refractivity contribution in [3.63, 3.8) is 0 Å². The van der Waals surface area contributed by atoms with E-state index >= 15 is 0 Å². The Morgan fingerprint density at radius 1 is 1.38 bits per heavy atom. The van der Waals surface area contributed by atoms with Gasteiger partial charge >= 0.3 is 5.00 Å². The van der Waals surface area contributed by atoms with Crippen LogP contribution in [-0.4, -0.2) is 9.85 Å². The van der Waals surface area contributed by atoms with E-state index in [0.717, 1.165) is 17.5 Å². The molecule has 0 aliphatic heterocycles. The Labute approximate surface area is 76.4 Å². The molecule has 6 nitrogen and oxygen atoms in total. The second kappa shape index (κ2) is 3.76. The Morgan fingerprint density at radius 3 is 2.54 bits per heavy atom. The molecular weight excluding hydrogens is 196 g/mol. The summed E-state index contributed by atoms with van der Waals surface area (Å²) in [6.07, 6.45) is 1.95. The van der Waals surface area contributed by atoms with Crippen molar-refractivity contribution in [2.45, 2.75) is 0 Å². The van der Waals surface area contributed by atoms with E-state index in [4.69, 9.17) is 0 Å². The molecule has 0 aliphatic carbocycles. The van der Waals surface area contributed by atoms with Crippen LogP contribution >= 0.6 is 11.3 Å². The molecule has 68 valence electrons. The zero-order chi connectivity index (χ0) is 9.84. The number of hydrogen-bond acceptors (Lipinski definition) is 5. The Balaban J connectivity index is 2.80. The van der Waals surface area contributed by atoms with E-state index in [-0.39, 0.29) is 5.00 Å². The molecule has 0 amide bonds. The highest BCUT2D eigenvalue weighted by Gasteiger charge is 2.07. The Hall–Kier alpha value is -1.76. The molecule has 0 fully saturated rings. The summed E-state index contributed by atoms with van der Waals surface area (Å²) in [6.45, 7) is 0. The molecule has 0 saturated heterocycles. The lowest BCUT2D eigenvalue weighted by Gasteiger charge is -1.79. The van der Waals surface area contributed by atoms with Crippen molar-refractivity contribution in [2.75, 3.05) is 0 Å². The van der Waals surface area contributed by atoms with E-state index in [1.54, 1.807) is 0 Å². The van der Waals surface area contributed by atoms with Gasteiger partial charge in [0.15, 0.2) is 0 Å². The maximum atomic E-state index is 10.2. The summed E-state index contributed by atoms with van der Waals surface area (Å²) in [6, 6.07) is 1.28. The molecule has 0 saturated carbocycles. The van der Waals surface area contributed by atoms with E-state index in [9.17, 15) is 20.2 Å². The predicted octanol–water partition coefficient (Wildman–Crippen LogP) is 1.90. The first kappa shape index (κ1) is 9.33. The van der Waals surface area contributed by atoms with Gasteiger partial charge in [0.1, 0.15) is 0 Å². The smallest absolute Gasteiger partial charge is 0.259 e. The number of hydrogen-bond donors (Lipinski definition) is 0. The highest BCUT2D eigenvalue weighted by molar-refractivity contribution is 7.13. The number of rotatable bonds is 3.